The summed E-state index contributed by atoms with van der Waals surface area (Å²) < 4.78 is 28.2. The van der Waals surface area contributed by atoms with Gasteiger partial charge in [0.2, 0.25) is 10.0 Å². The van der Waals surface area contributed by atoms with E-state index in [1.54, 1.807) is 18.5 Å². The number of carbonyl (C=O) groups is 1. The van der Waals surface area contributed by atoms with Gasteiger partial charge < -0.3 is 5.11 Å². The Labute approximate surface area is 125 Å². The van der Waals surface area contributed by atoms with Gasteiger partial charge >= 0.3 is 5.97 Å². The van der Waals surface area contributed by atoms with Crippen molar-refractivity contribution in [3.05, 3.63) is 29.0 Å². The molecule has 2 heterocycles. The van der Waals surface area contributed by atoms with Crippen molar-refractivity contribution < 1.29 is 18.3 Å². The second-order valence-electron chi connectivity index (χ2n) is 4.30. The summed E-state index contributed by atoms with van der Waals surface area (Å²) >= 11 is 1.36. The maximum absolute atomic E-state index is 12.2. The molecular weight excluding hydrogens is 316 g/mol. The third-order valence-corrected chi connectivity index (χ3v) is 5.08. The molecule has 0 saturated heterocycles. The van der Waals surface area contributed by atoms with Crippen molar-refractivity contribution in [2.75, 3.05) is 0 Å². The number of hydrogen-bond acceptors (Lipinski definition) is 6. The Hall–Kier alpha value is -1.78. The van der Waals surface area contributed by atoms with Crippen LogP contribution in [0.4, 0.5) is 0 Å². The van der Waals surface area contributed by atoms with Gasteiger partial charge in [0.1, 0.15) is 9.90 Å². The number of hydrogen-bond donors (Lipinski definition) is 2. The Bertz CT molecular complexity index is 708. The average molecular weight is 330 g/mol. The van der Waals surface area contributed by atoms with Crippen molar-refractivity contribution in [1.82, 2.24) is 19.5 Å². The smallest absolute Gasteiger partial charge is 0.305 e. The number of aryl methyl sites for hydroxylation is 1. The maximum atomic E-state index is 12.2. The maximum Gasteiger partial charge on any atom is 0.305 e. The third kappa shape index (κ3) is 4.09. The lowest BCUT2D eigenvalue weighted by atomic mass is 10.4. The van der Waals surface area contributed by atoms with Gasteiger partial charge in [-0.25, -0.2) is 18.1 Å². The summed E-state index contributed by atoms with van der Waals surface area (Å²) in [5, 5.41) is 14.9. The monoisotopic (exact) mass is 330 g/mol. The quantitative estimate of drug-likeness (QED) is 0.778. The zero-order chi connectivity index (χ0) is 15.5. The zero-order valence-electron chi connectivity index (χ0n) is 11.1. The standard InChI is InChI=1S/C11H14N4O4S2/c1-8(11-12-3-5-20-11)14-21(18,19)9-6-13-15(7-9)4-2-10(16)17/h3,5-8,14H,2,4H2,1H3,(H,16,17). The van der Waals surface area contributed by atoms with Gasteiger partial charge in [-0.1, -0.05) is 0 Å². The van der Waals surface area contributed by atoms with Crippen LogP contribution in [-0.4, -0.2) is 34.3 Å². The fourth-order valence-electron chi connectivity index (χ4n) is 1.62. The fourth-order valence-corrected chi connectivity index (χ4v) is 3.50. The number of aliphatic carboxylic acids is 1. The van der Waals surface area contributed by atoms with Crippen LogP contribution < -0.4 is 4.72 Å². The molecule has 0 amide bonds. The van der Waals surface area contributed by atoms with Crippen LogP contribution in [0, 0.1) is 0 Å². The van der Waals surface area contributed by atoms with E-state index in [0.29, 0.717) is 5.01 Å². The highest BCUT2D eigenvalue weighted by Gasteiger charge is 2.21. The Balaban J connectivity index is 2.07. The number of carboxylic acids is 1. The van der Waals surface area contributed by atoms with Gasteiger partial charge in [0, 0.05) is 17.8 Å². The van der Waals surface area contributed by atoms with Crippen LogP contribution in [0.5, 0.6) is 0 Å². The lowest BCUT2D eigenvalue weighted by Crippen LogP contribution is -2.26. The Kier molecular flexibility index (Phi) is 4.70. The summed E-state index contributed by atoms with van der Waals surface area (Å²) in [5.41, 5.74) is 0. The number of sulfonamides is 1. The molecule has 2 aromatic rings. The molecular formula is C11H14N4O4S2. The van der Waals surface area contributed by atoms with Gasteiger partial charge in [0.25, 0.3) is 0 Å². The van der Waals surface area contributed by atoms with Crippen molar-refractivity contribution in [2.45, 2.75) is 30.8 Å². The van der Waals surface area contributed by atoms with Crippen LogP contribution in [-0.2, 0) is 21.4 Å². The molecule has 0 aliphatic heterocycles. The summed E-state index contributed by atoms with van der Waals surface area (Å²) in [7, 11) is -3.72. The molecule has 8 nitrogen and oxygen atoms in total. The van der Waals surface area contributed by atoms with Crippen LogP contribution in [0.3, 0.4) is 0 Å². The van der Waals surface area contributed by atoms with Crippen molar-refractivity contribution in [3.63, 3.8) is 0 Å². The lowest BCUT2D eigenvalue weighted by Gasteiger charge is -2.10. The van der Waals surface area contributed by atoms with E-state index in [1.807, 2.05) is 0 Å². The van der Waals surface area contributed by atoms with E-state index in [9.17, 15) is 13.2 Å². The largest absolute Gasteiger partial charge is 0.481 e. The molecule has 21 heavy (non-hydrogen) atoms. The number of nitrogens with one attached hydrogen (secondary N) is 1. The van der Waals surface area contributed by atoms with Gasteiger partial charge in [-0.2, -0.15) is 5.10 Å². The van der Waals surface area contributed by atoms with E-state index in [2.05, 4.69) is 14.8 Å². The van der Waals surface area contributed by atoms with Gasteiger partial charge in [-0.05, 0) is 6.92 Å². The predicted octanol–water partition coefficient (Wildman–Crippen LogP) is 0.854. The summed E-state index contributed by atoms with van der Waals surface area (Å²) in [6.45, 7) is 1.82. The van der Waals surface area contributed by atoms with E-state index in [0.717, 1.165) is 0 Å². The van der Waals surface area contributed by atoms with E-state index < -0.39 is 22.0 Å². The zero-order valence-corrected chi connectivity index (χ0v) is 12.8. The first kappa shape index (κ1) is 15.6. The highest BCUT2D eigenvalue weighted by molar-refractivity contribution is 7.89. The molecule has 0 bridgehead atoms. The summed E-state index contributed by atoms with van der Waals surface area (Å²) in [6.07, 6.45) is 3.98. The summed E-state index contributed by atoms with van der Waals surface area (Å²) in [5.74, 6) is -0.967. The van der Waals surface area contributed by atoms with Crippen LogP contribution >= 0.6 is 11.3 Å². The first-order valence-electron chi connectivity index (χ1n) is 6.04. The van der Waals surface area contributed by atoms with Gasteiger partial charge in [0.15, 0.2) is 0 Å². The molecule has 2 rings (SSSR count). The molecule has 1 atom stereocenters. The number of nitrogens with zero attached hydrogens (tertiary/aromatic N) is 3. The van der Waals surface area contributed by atoms with Crippen LogP contribution in [0.1, 0.15) is 24.4 Å². The van der Waals surface area contributed by atoms with Gasteiger partial charge in [-0.3, -0.25) is 9.48 Å². The SMILES string of the molecule is CC(NS(=O)(=O)c1cnn(CCC(=O)O)c1)c1nccs1. The minimum atomic E-state index is -3.72. The van der Waals surface area contributed by atoms with Crippen molar-refractivity contribution in [2.24, 2.45) is 0 Å². The van der Waals surface area contributed by atoms with E-state index in [-0.39, 0.29) is 17.9 Å². The van der Waals surface area contributed by atoms with Crippen LogP contribution in [0.2, 0.25) is 0 Å². The minimum Gasteiger partial charge on any atom is -0.481 e. The molecule has 10 heteroatoms. The number of carboxylic acid groups (broad SMARTS) is 1. The normalized spacial score (nSPS) is 13.2. The highest BCUT2D eigenvalue weighted by atomic mass is 32.2. The molecule has 0 aliphatic rings. The topological polar surface area (TPSA) is 114 Å². The second kappa shape index (κ2) is 6.33. The number of aromatic nitrogens is 3. The summed E-state index contributed by atoms with van der Waals surface area (Å²) in [4.78, 5) is 14.5. The van der Waals surface area contributed by atoms with Crippen molar-refractivity contribution in [3.8, 4) is 0 Å². The van der Waals surface area contributed by atoms with Crippen LogP contribution in [0.15, 0.2) is 28.9 Å². The second-order valence-corrected chi connectivity index (χ2v) is 6.94. The average Bonchev–Trinajstić information content (AvgIpc) is 3.07. The lowest BCUT2D eigenvalue weighted by molar-refractivity contribution is -0.137. The molecule has 0 radical (unpaired) electrons. The van der Waals surface area contributed by atoms with E-state index >= 15 is 0 Å². The number of thiazole rings is 1. The van der Waals surface area contributed by atoms with Crippen LogP contribution in [0.25, 0.3) is 0 Å². The molecule has 0 aromatic carbocycles. The third-order valence-electron chi connectivity index (χ3n) is 2.63. The molecule has 0 aliphatic carbocycles. The predicted molar refractivity (Wildman–Crippen MR) is 75.3 cm³/mol. The summed E-state index contributed by atoms with van der Waals surface area (Å²) in [6, 6.07) is -0.447. The first-order chi connectivity index (χ1) is 9.88. The molecule has 0 saturated carbocycles. The number of rotatable bonds is 7. The Morgan fingerprint density at radius 3 is 2.95 bits per heavy atom. The fraction of sp³-hybridized carbons (Fsp3) is 0.364. The molecule has 2 aromatic heterocycles. The van der Waals surface area contributed by atoms with Crippen molar-refractivity contribution in [1.29, 1.82) is 0 Å². The molecule has 2 N–H and O–H groups in total. The molecule has 114 valence electrons. The molecule has 0 spiro atoms. The molecule has 1 unspecified atom stereocenters. The molecule has 0 fully saturated rings. The Morgan fingerprint density at radius 2 is 2.33 bits per heavy atom. The Morgan fingerprint density at radius 1 is 1.57 bits per heavy atom. The van der Waals surface area contributed by atoms with Gasteiger partial charge in [-0.15, -0.1) is 11.3 Å². The van der Waals surface area contributed by atoms with Gasteiger partial charge in [0.05, 0.1) is 25.2 Å². The van der Waals surface area contributed by atoms with E-state index in [4.69, 9.17) is 5.11 Å². The van der Waals surface area contributed by atoms with Crippen molar-refractivity contribution >= 4 is 27.3 Å². The minimum absolute atomic E-state index is 0.00343. The first-order valence-corrected chi connectivity index (χ1v) is 8.41. The van der Waals surface area contributed by atoms with E-state index in [1.165, 1.54) is 28.4 Å². The highest BCUT2D eigenvalue weighted by Crippen LogP contribution is 2.18.